The van der Waals surface area contributed by atoms with Crippen LogP contribution in [0.15, 0.2) is 12.1 Å². The molecule has 0 spiro atoms. The molecular formula is C10H15N3O2S2. The summed E-state index contributed by atoms with van der Waals surface area (Å²) in [5.74, 6) is 0. The molecule has 0 aliphatic rings. The largest absolute Gasteiger partial charge is 0.312 e. The van der Waals surface area contributed by atoms with Crippen LogP contribution in [0.4, 0.5) is 0 Å². The van der Waals surface area contributed by atoms with Crippen molar-refractivity contribution in [1.82, 2.24) is 10.0 Å². The smallest absolute Gasteiger partial charge is 0.208 e. The van der Waals surface area contributed by atoms with E-state index < -0.39 is 10.0 Å². The van der Waals surface area contributed by atoms with E-state index in [1.807, 2.05) is 6.07 Å². The van der Waals surface area contributed by atoms with Gasteiger partial charge in [0.2, 0.25) is 10.0 Å². The van der Waals surface area contributed by atoms with E-state index in [0.717, 1.165) is 24.1 Å². The van der Waals surface area contributed by atoms with Crippen LogP contribution in [0.1, 0.15) is 16.2 Å². The monoisotopic (exact) mass is 273 g/mol. The molecule has 0 aromatic carbocycles. The Hall–Kier alpha value is -0.940. The zero-order valence-corrected chi connectivity index (χ0v) is 11.2. The van der Waals surface area contributed by atoms with Crippen LogP contribution in [0.3, 0.4) is 0 Å². The zero-order chi connectivity index (χ0) is 12.7. The Kier molecular flexibility index (Phi) is 5.58. The van der Waals surface area contributed by atoms with E-state index in [4.69, 9.17) is 5.26 Å². The van der Waals surface area contributed by atoms with Gasteiger partial charge in [0.15, 0.2) is 0 Å². The van der Waals surface area contributed by atoms with Crippen molar-refractivity contribution < 1.29 is 8.42 Å². The first-order chi connectivity index (χ1) is 8.01. The molecule has 0 amide bonds. The van der Waals surface area contributed by atoms with Crippen LogP contribution < -0.4 is 10.0 Å². The van der Waals surface area contributed by atoms with Gasteiger partial charge in [0, 0.05) is 18.0 Å². The van der Waals surface area contributed by atoms with E-state index in [-0.39, 0.29) is 0 Å². The van der Waals surface area contributed by atoms with Gasteiger partial charge in [-0.15, -0.1) is 11.3 Å². The maximum Gasteiger partial charge on any atom is 0.208 e. The maximum atomic E-state index is 10.8. The number of hydrogen-bond acceptors (Lipinski definition) is 5. The summed E-state index contributed by atoms with van der Waals surface area (Å²) in [5, 5.41) is 11.8. The highest BCUT2D eigenvalue weighted by atomic mass is 32.2. The highest BCUT2D eigenvalue weighted by Crippen LogP contribution is 2.14. The molecule has 0 radical (unpaired) electrons. The normalized spacial score (nSPS) is 11.3. The number of rotatable bonds is 7. The molecule has 0 fully saturated rings. The molecule has 0 aliphatic heterocycles. The predicted octanol–water partition coefficient (Wildman–Crippen LogP) is 0.649. The van der Waals surface area contributed by atoms with Crippen LogP contribution in [0.5, 0.6) is 0 Å². The van der Waals surface area contributed by atoms with E-state index in [1.165, 1.54) is 11.3 Å². The second-order valence-corrected chi connectivity index (χ2v) is 6.58. The third-order valence-electron chi connectivity index (χ3n) is 1.97. The summed E-state index contributed by atoms with van der Waals surface area (Å²) in [6.07, 6.45) is 1.89. The summed E-state index contributed by atoms with van der Waals surface area (Å²) in [5.41, 5.74) is 0. The quantitative estimate of drug-likeness (QED) is 0.715. The first-order valence-corrected chi connectivity index (χ1v) is 7.86. The van der Waals surface area contributed by atoms with Gasteiger partial charge in [-0.05, 0) is 25.1 Å². The number of sulfonamides is 1. The molecule has 2 N–H and O–H groups in total. The molecule has 0 unspecified atom stereocenters. The van der Waals surface area contributed by atoms with Crippen molar-refractivity contribution in [2.24, 2.45) is 0 Å². The molecule has 0 atom stereocenters. The fourth-order valence-electron chi connectivity index (χ4n) is 1.22. The number of nitriles is 1. The summed E-state index contributed by atoms with van der Waals surface area (Å²) >= 11 is 1.47. The number of nitrogens with zero attached hydrogens (tertiary/aromatic N) is 1. The molecule has 1 aromatic heterocycles. The van der Waals surface area contributed by atoms with Crippen LogP contribution in [0.2, 0.25) is 0 Å². The lowest BCUT2D eigenvalue weighted by Gasteiger charge is -2.03. The Morgan fingerprint density at radius 3 is 2.76 bits per heavy atom. The number of nitrogens with one attached hydrogen (secondary N) is 2. The van der Waals surface area contributed by atoms with Crippen molar-refractivity contribution in [2.75, 3.05) is 19.3 Å². The Morgan fingerprint density at radius 1 is 1.41 bits per heavy atom. The first-order valence-electron chi connectivity index (χ1n) is 5.15. The van der Waals surface area contributed by atoms with Crippen molar-refractivity contribution in [1.29, 1.82) is 5.26 Å². The van der Waals surface area contributed by atoms with Crippen LogP contribution in [0, 0.1) is 11.3 Å². The third kappa shape index (κ3) is 6.38. The minimum absolute atomic E-state index is 0.444. The van der Waals surface area contributed by atoms with E-state index in [2.05, 4.69) is 16.1 Å². The minimum Gasteiger partial charge on any atom is -0.312 e. The minimum atomic E-state index is -3.08. The van der Waals surface area contributed by atoms with Crippen LogP contribution in [-0.4, -0.2) is 27.8 Å². The first kappa shape index (κ1) is 14.1. The average molecular weight is 273 g/mol. The summed E-state index contributed by atoms with van der Waals surface area (Å²) in [4.78, 5) is 1.82. The topological polar surface area (TPSA) is 82.0 Å². The molecule has 17 heavy (non-hydrogen) atoms. The van der Waals surface area contributed by atoms with Gasteiger partial charge in [-0.3, -0.25) is 0 Å². The van der Waals surface area contributed by atoms with E-state index >= 15 is 0 Å². The third-order valence-corrected chi connectivity index (χ3v) is 3.68. The fraction of sp³-hybridized carbons (Fsp3) is 0.500. The summed E-state index contributed by atoms with van der Waals surface area (Å²) < 4.78 is 23.9. The highest BCUT2D eigenvalue weighted by Gasteiger charge is 2.00. The molecule has 0 bridgehead atoms. The highest BCUT2D eigenvalue weighted by molar-refractivity contribution is 7.88. The van der Waals surface area contributed by atoms with Gasteiger partial charge in [-0.25, -0.2) is 13.1 Å². The van der Waals surface area contributed by atoms with Crippen LogP contribution >= 0.6 is 11.3 Å². The van der Waals surface area contributed by atoms with E-state index in [9.17, 15) is 8.42 Å². The SMILES string of the molecule is CS(=O)(=O)NCCCNCc1ccc(C#N)s1. The predicted molar refractivity (Wildman–Crippen MR) is 68.2 cm³/mol. The van der Waals surface area contributed by atoms with Gasteiger partial charge in [-0.1, -0.05) is 0 Å². The van der Waals surface area contributed by atoms with Gasteiger partial charge >= 0.3 is 0 Å². The molecule has 7 heteroatoms. The van der Waals surface area contributed by atoms with E-state index in [0.29, 0.717) is 18.0 Å². The molecule has 94 valence electrons. The van der Waals surface area contributed by atoms with Gasteiger partial charge in [-0.2, -0.15) is 5.26 Å². The fourth-order valence-corrected chi connectivity index (χ4v) is 2.51. The maximum absolute atomic E-state index is 10.8. The van der Waals surface area contributed by atoms with Crippen molar-refractivity contribution in [3.63, 3.8) is 0 Å². The standard InChI is InChI=1S/C10H15N3O2S2/c1-17(14,15)13-6-2-5-12-8-10-4-3-9(7-11)16-10/h3-4,12-13H,2,5-6,8H2,1H3. The molecule has 0 saturated carbocycles. The Balaban J connectivity index is 2.11. The van der Waals surface area contributed by atoms with Crippen molar-refractivity contribution in [3.8, 4) is 6.07 Å². The van der Waals surface area contributed by atoms with E-state index in [1.54, 1.807) is 6.07 Å². The van der Waals surface area contributed by atoms with Gasteiger partial charge in [0.1, 0.15) is 10.9 Å². The van der Waals surface area contributed by atoms with Crippen molar-refractivity contribution in [3.05, 3.63) is 21.9 Å². The van der Waals surface area contributed by atoms with Gasteiger partial charge in [0.25, 0.3) is 0 Å². The molecule has 1 heterocycles. The number of thiophene rings is 1. The summed E-state index contributed by atoms with van der Waals surface area (Å²) in [7, 11) is -3.08. The molecule has 0 saturated heterocycles. The van der Waals surface area contributed by atoms with Crippen LogP contribution in [0.25, 0.3) is 0 Å². The lowest BCUT2D eigenvalue weighted by atomic mass is 10.4. The lowest BCUT2D eigenvalue weighted by Crippen LogP contribution is -2.26. The van der Waals surface area contributed by atoms with Crippen molar-refractivity contribution in [2.45, 2.75) is 13.0 Å². The molecule has 0 aliphatic carbocycles. The Labute approximate surface area is 106 Å². The van der Waals surface area contributed by atoms with Crippen molar-refractivity contribution >= 4 is 21.4 Å². The van der Waals surface area contributed by atoms with Crippen LogP contribution in [-0.2, 0) is 16.6 Å². The summed E-state index contributed by atoms with van der Waals surface area (Å²) in [6, 6.07) is 5.81. The average Bonchev–Trinajstić information content (AvgIpc) is 2.69. The number of hydrogen-bond donors (Lipinski definition) is 2. The second kappa shape index (κ2) is 6.71. The second-order valence-electron chi connectivity index (χ2n) is 3.57. The van der Waals surface area contributed by atoms with Gasteiger partial charge in [0.05, 0.1) is 6.26 Å². The molecular weight excluding hydrogens is 258 g/mol. The zero-order valence-electron chi connectivity index (χ0n) is 9.56. The molecule has 5 nitrogen and oxygen atoms in total. The Morgan fingerprint density at radius 2 is 2.18 bits per heavy atom. The molecule has 1 aromatic rings. The summed E-state index contributed by atoms with van der Waals surface area (Å²) in [6.45, 7) is 1.90. The Bertz CT molecular complexity index is 488. The lowest BCUT2D eigenvalue weighted by molar-refractivity contribution is 0.579. The van der Waals surface area contributed by atoms with Gasteiger partial charge < -0.3 is 5.32 Å². The molecule has 1 rings (SSSR count).